The van der Waals surface area contributed by atoms with E-state index in [1.807, 2.05) is 44.2 Å². The maximum Gasteiger partial charge on any atom is 0.242 e. The van der Waals surface area contributed by atoms with Crippen LogP contribution >= 0.6 is 0 Å². The number of benzene rings is 1. The van der Waals surface area contributed by atoms with Gasteiger partial charge >= 0.3 is 0 Å². The van der Waals surface area contributed by atoms with Crippen LogP contribution in [-0.2, 0) is 16.1 Å². The van der Waals surface area contributed by atoms with E-state index in [1.165, 1.54) is 0 Å². The number of carbonyl (C=O) groups is 2. The van der Waals surface area contributed by atoms with Crippen LogP contribution in [0.15, 0.2) is 30.3 Å². The maximum absolute atomic E-state index is 12.7. The topological polar surface area (TPSA) is 89.4 Å². The first-order valence-corrected chi connectivity index (χ1v) is 7.33. The van der Waals surface area contributed by atoms with E-state index < -0.39 is 11.4 Å². The van der Waals surface area contributed by atoms with Crippen LogP contribution in [0.25, 0.3) is 0 Å². The van der Waals surface area contributed by atoms with Gasteiger partial charge in [0.05, 0.1) is 5.54 Å². The molecule has 0 bridgehead atoms. The van der Waals surface area contributed by atoms with Crippen molar-refractivity contribution in [3.63, 3.8) is 0 Å². The summed E-state index contributed by atoms with van der Waals surface area (Å²) >= 11 is 0. The number of primary amides is 1. The third kappa shape index (κ3) is 4.86. The van der Waals surface area contributed by atoms with Gasteiger partial charge in [-0.2, -0.15) is 0 Å². The van der Waals surface area contributed by atoms with Crippen molar-refractivity contribution in [1.82, 2.24) is 4.90 Å². The van der Waals surface area contributed by atoms with Crippen molar-refractivity contribution >= 4 is 11.8 Å². The zero-order valence-electron chi connectivity index (χ0n) is 12.8. The molecule has 21 heavy (non-hydrogen) atoms. The van der Waals surface area contributed by atoms with E-state index in [0.29, 0.717) is 25.9 Å². The lowest BCUT2D eigenvalue weighted by atomic mass is 9.92. The van der Waals surface area contributed by atoms with Crippen LogP contribution in [0.2, 0.25) is 0 Å². The Hall–Kier alpha value is -1.88. The van der Waals surface area contributed by atoms with Crippen molar-refractivity contribution in [3.05, 3.63) is 35.9 Å². The Morgan fingerprint density at radius 2 is 1.71 bits per heavy atom. The predicted octanol–water partition coefficient (Wildman–Crippen LogP) is 1.41. The summed E-state index contributed by atoms with van der Waals surface area (Å²) in [6.45, 7) is 4.53. The number of amides is 2. The second-order valence-electron chi connectivity index (χ2n) is 5.29. The van der Waals surface area contributed by atoms with Gasteiger partial charge in [0.1, 0.15) is 0 Å². The highest BCUT2D eigenvalue weighted by atomic mass is 16.2. The minimum Gasteiger partial charge on any atom is -0.370 e. The molecule has 1 aromatic carbocycles. The summed E-state index contributed by atoms with van der Waals surface area (Å²) in [4.78, 5) is 25.3. The average Bonchev–Trinajstić information content (AvgIpc) is 2.50. The molecule has 0 fully saturated rings. The lowest BCUT2D eigenvalue weighted by molar-refractivity contribution is -0.138. The molecule has 0 spiro atoms. The van der Waals surface area contributed by atoms with Crippen LogP contribution in [0.3, 0.4) is 0 Å². The van der Waals surface area contributed by atoms with Gasteiger partial charge in [0, 0.05) is 19.5 Å². The third-order valence-electron chi connectivity index (χ3n) is 3.82. The molecular weight excluding hydrogens is 266 g/mol. The lowest BCUT2D eigenvalue weighted by Crippen LogP contribution is -2.54. The number of nitrogens with zero attached hydrogens (tertiary/aromatic N) is 1. The smallest absolute Gasteiger partial charge is 0.242 e. The Morgan fingerprint density at radius 3 is 2.19 bits per heavy atom. The standard InChI is InChI=1S/C16H25N3O2/c1-3-16(18,4-2)15(21)19(11-10-14(17)20)12-13-8-6-5-7-9-13/h5-9H,3-4,10-12,18H2,1-2H3,(H2,17,20). The minimum absolute atomic E-state index is 0.127. The number of nitrogens with two attached hydrogens (primary N) is 2. The molecular formula is C16H25N3O2. The first-order valence-electron chi connectivity index (χ1n) is 7.33. The van der Waals surface area contributed by atoms with E-state index in [-0.39, 0.29) is 12.3 Å². The Morgan fingerprint density at radius 1 is 1.14 bits per heavy atom. The largest absolute Gasteiger partial charge is 0.370 e. The normalized spacial score (nSPS) is 11.2. The Balaban J connectivity index is 2.90. The number of rotatable bonds is 8. The molecule has 2 amide bonds. The van der Waals surface area contributed by atoms with E-state index in [4.69, 9.17) is 11.5 Å². The monoisotopic (exact) mass is 291 g/mol. The van der Waals surface area contributed by atoms with Gasteiger partial charge in [0.15, 0.2) is 0 Å². The van der Waals surface area contributed by atoms with Gasteiger partial charge in [-0.05, 0) is 18.4 Å². The second-order valence-corrected chi connectivity index (χ2v) is 5.29. The van der Waals surface area contributed by atoms with Gasteiger partial charge in [0.25, 0.3) is 0 Å². The molecule has 5 nitrogen and oxygen atoms in total. The molecule has 0 aromatic heterocycles. The van der Waals surface area contributed by atoms with E-state index in [1.54, 1.807) is 4.90 Å². The maximum atomic E-state index is 12.7. The molecule has 1 rings (SSSR count). The van der Waals surface area contributed by atoms with Crippen LogP contribution in [-0.4, -0.2) is 28.8 Å². The minimum atomic E-state index is -0.883. The summed E-state index contributed by atoms with van der Waals surface area (Å²) in [5, 5.41) is 0. The van der Waals surface area contributed by atoms with Crippen molar-refractivity contribution in [2.45, 2.75) is 45.2 Å². The van der Waals surface area contributed by atoms with Crippen LogP contribution in [0.1, 0.15) is 38.7 Å². The first-order chi connectivity index (χ1) is 9.92. The van der Waals surface area contributed by atoms with Gasteiger partial charge < -0.3 is 16.4 Å². The van der Waals surface area contributed by atoms with Gasteiger partial charge in [-0.1, -0.05) is 44.2 Å². The van der Waals surface area contributed by atoms with Crippen LogP contribution in [0.4, 0.5) is 0 Å². The quantitative estimate of drug-likeness (QED) is 0.759. The highest BCUT2D eigenvalue weighted by molar-refractivity contribution is 5.86. The van der Waals surface area contributed by atoms with Crippen LogP contribution in [0, 0.1) is 0 Å². The molecule has 116 valence electrons. The highest BCUT2D eigenvalue weighted by Crippen LogP contribution is 2.17. The van der Waals surface area contributed by atoms with E-state index >= 15 is 0 Å². The first kappa shape index (κ1) is 17.2. The molecule has 0 heterocycles. The van der Waals surface area contributed by atoms with Crippen molar-refractivity contribution in [1.29, 1.82) is 0 Å². The molecule has 0 aliphatic carbocycles. The van der Waals surface area contributed by atoms with E-state index in [9.17, 15) is 9.59 Å². The molecule has 0 atom stereocenters. The molecule has 4 N–H and O–H groups in total. The van der Waals surface area contributed by atoms with Gasteiger partial charge in [-0.25, -0.2) is 0 Å². The fourth-order valence-corrected chi connectivity index (χ4v) is 2.17. The molecule has 0 aliphatic heterocycles. The lowest BCUT2D eigenvalue weighted by Gasteiger charge is -2.33. The van der Waals surface area contributed by atoms with Crippen LogP contribution in [0.5, 0.6) is 0 Å². The second kappa shape index (κ2) is 7.78. The summed E-state index contributed by atoms with van der Waals surface area (Å²) in [5.41, 5.74) is 11.5. The summed E-state index contributed by atoms with van der Waals surface area (Å²) in [7, 11) is 0. The summed E-state index contributed by atoms with van der Waals surface area (Å²) < 4.78 is 0. The zero-order chi connectivity index (χ0) is 15.9. The summed E-state index contributed by atoms with van der Waals surface area (Å²) in [5.74, 6) is -0.547. The SMILES string of the molecule is CCC(N)(CC)C(=O)N(CCC(N)=O)Cc1ccccc1. The zero-order valence-corrected chi connectivity index (χ0v) is 12.8. The Bertz CT molecular complexity index is 470. The molecule has 0 radical (unpaired) electrons. The van der Waals surface area contributed by atoms with E-state index in [0.717, 1.165) is 5.56 Å². The molecule has 0 saturated heterocycles. The van der Waals surface area contributed by atoms with Crippen LogP contribution < -0.4 is 11.5 Å². The number of hydrogen-bond donors (Lipinski definition) is 2. The average molecular weight is 291 g/mol. The molecule has 5 heteroatoms. The van der Waals surface area contributed by atoms with Crippen molar-refractivity contribution in [2.24, 2.45) is 11.5 Å². The van der Waals surface area contributed by atoms with Crippen molar-refractivity contribution in [2.75, 3.05) is 6.54 Å². The number of hydrogen-bond acceptors (Lipinski definition) is 3. The van der Waals surface area contributed by atoms with Gasteiger partial charge in [0.2, 0.25) is 11.8 Å². The summed E-state index contributed by atoms with van der Waals surface area (Å²) in [6.07, 6.45) is 1.26. The Labute approximate surface area is 126 Å². The summed E-state index contributed by atoms with van der Waals surface area (Å²) in [6, 6.07) is 9.65. The van der Waals surface area contributed by atoms with Gasteiger partial charge in [-0.15, -0.1) is 0 Å². The fraction of sp³-hybridized carbons (Fsp3) is 0.500. The highest BCUT2D eigenvalue weighted by Gasteiger charge is 2.34. The third-order valence-corrected chi connectivity index (χ3v) is 3.82. The molecule has 0 aliphatic rings. The van der Waals surface area contributed by atoms with Crippen molar-refractivity contribution in [3.8, 4) is 0 Å². The molecule has 1 aromatic rings. The van der Waals surface area contributed by atoms with E-state index in [2.05, 4.69) is 0 Å². The Kier molecular flexibility index (Phi) is 6.37. The fourth-order valence-electron chi connectivity index (χ4n) is 2.17. The molecule has 0 unspecified atom stereocenters. The molecule has 0 saturated carbocycles. The number of carbonyl (C=O) groups excluding carboxylic acids is 2. The van der Waals surface area contributed by atoms with Crippen molar-refractivity contribution < 1.29 is 9.59 Å². The predicted molar refractivity (Wildman–Crippen MR) is 83.2 cm³/mol. The van der Waals surface area contributed by atoms with Gasteiger partial charge in [-0.3, -0.25) is 9.59 Å².